The van der Waals surface area contributed by atoms with Gasteiger partial charge in [0.2, 0.25) is 11.8 Å². The number of imide groups is 1. The minimum atomic E-state index is -1.50. The number of fused-ring (bicyclic) bond motifs is 4. The highest BCUT2D eigenvalue weighted by Gasteiger charge is 2.66. The van der Waals surface area contributed by atoms with E-state index in [4.69, 9.17) is 14.2 Å². The van der Waals surface area contributed by atoms with Gasteiger partial charge in [-0.25, -0.2) is 0 Å². The third-order valence-electron chi connectivity index (χ3n) is 13.0. The van der Waals surface area contributed by atoms with E-state index in [-0.39, 0.29) is 47.7 Å². The topological polar surface area (TPSA) is 119 Å². The number of benzene rings is 5. The molecule has 306 valence electrons. The van der Waals surface area contributed by atoms with Gasteiger partial charge in [-0.05, 0) is 84.0 Å². The van der Waals surface area contributed by atoms with Crippen molar-refractivity contribution < 1.29 is 38.5 Å². The van der Waals surface area contributed by atoms with Gasteiger partial charge in [0.15, 0.2) is 23.1 Å². The van der Waals surface area contributed by atoms with Crippen LogP contribution in [0.1, 0.15) is 46.6 Å². The van der Waals surface area contributed by atoms with Crippen molar-refractivity contribution >= 4 is 62.7 Å². The number of aromatic hydroxyl groups is 1. The summed E-state index contributed by atoms with van der Waals surface area (Å²) in [6.45, 7) is 0. The zero-order chi connectivity index (χ0) is 42.6. The van der Waals surface area contributed by atoms with Crippen molar-refractivity contribution in [1.82, 2.24) is 0 Å². The molecular weight excluding hydrogens is 834 g/mol. The van der Waals surface area contributed by atoms with Gasteiger partial charge in [0, 0.05) is 33.0 Å². The summed E-state index contributed by atoms with van der Waals surface area (Å²) in [5, 5.41) is 12.0. The Morgan fingerprint density at radius 2 is 1.46 bits per heavy atom. The molecule has 1 saturated carbocycles. The zero-order valence-corrected chi connectivity index (χ0v) is 35.3. The summed E-state index contributed by atoms with van der Waals surface area (Å²) >= 11 is 3.61. The fraction of sp³-hybridized carbons (Fsp3) is 0.216. The molecule has 0 bridgehead atoms. The number of methoxy groups -OCH3 is 3. The number of Topliss-reactive ketones (excluding diaryl/α,β-unsaturated/α-hetero) is 1. The molecule has 0 spiro atoms. The molecule has 4 aliphatic rings. The van der Waals surface area contributed by atoms with E-state index in [0.29, 0.717) is 43.9 Å². The van der Waals surface area contributed by atoms with Gasteiger partial charge in [-0.15, -0.1) is 0 Å². The second-order valence-corrected chi connectivity index (χ2v) is 16.8. The largest absolute Gasteiger partial charge is 0.504 e. The minimum Gasteiger partial charge on any atom is -0.504 e. The van der Waals surface area contributed by atoms with Gasteiger partial charge in [0.25, 0.3) is 0 Å². The fourth-order valence-electron chi connectivity index (χ4n) is 10.3. The number of phenolic OH excluding ortho intramolecular Hbond substituents is 1. The summed E-state index contributed by atoms with van der Waals surface area (Å²) in [5.74, 6) is -3.73. The Balaban J connectivity index is 1.15. The molecule has 1 saturated heterocycles. The molecule has 2 amide bonds. The van der Waals surface area contributed by atoms with E-state index < -0.39 is 35.0 Å². The van der Waals surface area contributed by atoms with Crippen molar-refractivity contribution in [1.29, 1.82) is 0 Å². The van der Waals surface area contributed by atoms with Crippen molar-refractivity contribution in [3.8, 4) is 23.0 Å². The van der Waals surface area contributed by atoms with E-state index in [1.165, 1.54) is 18.1 Å². The van der Waals surface area contributed by atoms with E-state index >= 15 is 9.59 Å². The molecule has 5 aromatic carbocycles. The fourth-order valence-corrected chi connectivity index (χ4v) is 10.8. The third-order valence-corrected chi connectivity index (χ3v) is 13.5. The second-order valence-electron chi connectivity index (χ2n) is 15.9. The summed E-state index contributed by atoms with van der Waals surface area (Å²) in [6.07, 6.45) is 7.65. The molecule has 9 rings (SSSR count). The molecule has 6 atom stereocenters. The van der Waals surface area contributed by atoms with Crippen molar-refractivity contribution in [2.24, 2.45) is 23.7 Å². The van der Waals surface area contributed by atoms with Crippen LogP contribution in [0.3, 0.4) is 0 Å². The van der Waals surface area contributed by atoms with Crippen LogP contribution in [0.4, 0.5) is 5.69 Å². The number of carbonyl (C=O) groups is 4. The molecule has 5 aromatic rings. The van der Waals surface area contributed by atoms with Crippen molar-refractivity contribution in [3.63, 3.8) is 0 Å². The number of hydrogen-bond acceptors (Lipinski definition) is 8. The molecule has 61 heavy (non-hydrogen) atoms. The van der Waals surface area contributed by atoms with Crippen LogP contribution in [0.5, 0.6) is 23.0 Å². The van der Waals surface area contributed by atoms with Crippen LogP contribution < -0.4 is 19.1 Å². The summed E-state index contributed by atoms with van der Waals surface area (Å²) < 4.78 is 17.1. The van der Waals surface area contributed by atoms with Gasteiger partial charge in [-0.3, -0.25) is 24.1 Å². The Morgan fingerprint density at radius 1 is 0.754 bits per heavy atom. The standard InChI is InChI=1S/C51H42BrNO8/c1-59-35-20-23-42(60-2)31(24-35)17-14-29-15-18-34(19-16-29)53-49(57)37-22-21-36-39(45(37)50(53)58)27-41-47(55)38(30-10-6-4-7-11-30)28-44(54)51(41,32-12-8-5-9-13-32)46(36)40-25-33(52)26-43(61-3)48(40)56/h4-21,23-26,28,37,39,41,45-46,56H,22,27H2,1-3H3. The van der Waals surface area contributed by atoms with Crippen molar-refractivity contribution in [3.05, 3.63) is 165 Å². The van der Waals surface area contributed by atoms with Crippen molar-refractivity contribution in [2.45, 2.75) is 24.2 Å². The van der Waals surface area contributed by atoms with Gasteiger partial charge >= 0.3 is 0 Å². The van der Waals surface area contributed by atoms with Crippen LogP contribution in [-0.4, -0.2) is 49.8 Å². The third kappa shape index (κ3) is 6.43. The van der Waals surface area contributed by atoms with E-state index in [2.05, 4.69) is 15.9 Å². The molecule has 1 N–H and O–H groups in total. The first-order chi connectivity index (χ1) is 29.6. The number of allylic oxidation sites excluding steroid dienone is 4. The number of ether oxygens (including phenoxy) is 3. The number of phenols is 1. The maximum atomic E-state index is 15.4. The normalized spacial score (nSPS) is 24.5. The molecule has 9 nitrogen and oxygen atoms in total. The van der Waals surface area contributed by atoms with Gasteiger partial charge in [0.1, 0.15) is 11.5 Å². The summed E-state index contributed by atoms with van der Waals surface area (Å²) in [4.78, 5) is 61.3. The number of ketones is 2. The summed E-state index contributed by atoms with van der Waals surface area (Å²) in [6, 6.07) is 34.6. The predicted molar refractivity (Wildman–Crippen MR) is 236 cm³/mol. The van der Waals surface area contributed by atoms with Crippen LogP contribution in [0, 0.1) is 23.7 Å². The Hall–Kier alpha value is -6.52. The molecule has 0 aromatic heterocycles. The lowest BCUT2D eigenvalue weighted by Crippen LogP contribution is -2.58. The molecule has 2 fully saturated rings. The number of amides is 2. The van der Waals surface area contributed by atoms with E-state index in [1.54, 1.807) is 38.5 Å². The summed E-state index contributed by atoms with van der Waals surface area (Å²) in [7, 11) is 4.67. The van der Waals surface area contributed by atoms with E-state index in [0.717, 1.165) is 16.7 Å². The Kier molecular flexibility index (Phi) is 10.4. The highest BCUT2D eigenvalue weighted by molar-refractivity contribution is 9.10. The highest BCUT2D eigenvalue weighted by atomic mass is 79.9. The van der Waals surface area contributed by atoms with Crippen LogP contribution in [0.15, 0.2) is 137 Å². The summed E-state index contributed by atoms with van der Waals surface area (Å²) in [5.41, 5.74) is 3.28. The van der Waals surface area contributed by atoms with Gasteiger partial charge < -0.3 is 19.3 Å². The quantitative estimate of drug-likeness (QED) is 0.0885. The maximum absolute atomic E-state index is 15.4. The molecule has 1 aliphatic heterocycles. The Morgan fingerprint density at radius 3 is 2.15 bits per heavy atom. The van der Waals surface area contributed by atoms with Crippen molar-refractivity contribution in [2.75, 3.05) is 26.2 Å². The smallest absolute Gasteiger partial charge is 0.238 e. The van der Waals surface area contributed by atoms with Crippen LogP contribution >= 0.6 is 15.9 Å². The van der Waals surface area contributed by atoms with Crippen LogP contribution in [-0.2, 0) is 24.6 Å². The SMILES string of the molecule is COc1ccc(OC)c(C=Cc2ccc(N3C(=O)C4CC=C5C(CC6C(=O)C(c7ccccc7)=CC(=O)C6(c6ccccc6)C5c5cc(Br)cc(OC)c5O)C4C3=O)cc2)c1. The molecule has 10 heteroatoms. The van der Waals surface area contributed by atoms with Gasteiger partial charge in [-0.1, -0.05) is 113 Å². The van der Waals surface area contributed by atoms with E-state index in [9.17, 15) is 14.7 Å². The number of halogens is 1. The Bertz CT molecular complexity index is 2690. The van der Waals surface area contributed by atoms with Gasteiger partial charge in [-0.2, -0.15) is 0 Å². The molecule has 1 heterocycles. The first kappa shape index (κ1) is 39.9. The lowest BCUT2D eigenvalue weighted by atomic mass is 9.44. The van der Waals surface area contributed by atoms with Crippen LogP contribution in [0.25, 0.3) is 17.7 Å². The van der Waals surface area contributed by atoms with Crippen LogP contribution in [0.2, 0.25) is 0 Å². The lowest BCUT2D eigenvalue weighted by Gasteiger charge is -2.55. The zero-order valence-electron chi connectivity index (χ0n) is 33.7. The lowest BCUT2D eigenvalue weighted by molar-refractivity contribution is -0.135. The average molecular weight is 877 g/mol. The monoisotopic (exact) mass is 875 g/mol. The first-order valence-corrected chi connectivity index (χ1v) is 21.0. The number of nitrogens with zero attached hydrogens (tertiary/aromatic N) is 1. The average Bonchev–Trinajstić information content (AvgIpc) is 3.55. The number of rotatable bonds is 9. The maximum Gasteiger partial charge on any atom is 0.238 e. The van der Waals surface area contributed by atoms with Gasteiger partial charge in [0.05, 0.1) is 44.3 Å². The molecule has 6 unspecified atom stereocenters. The molecular formula is C51H42BrNO8. The minimum absolute atomic E-state index is 0.142. The number of hydrogen-bond donors (Lipinski definition) is 1. The Labute approximate surface area is 362 Å². The highest BCUT2D eigenvalue weighted by Crippen LogP contribution is 2.65. The number of anilines is 1. The predicted octanol–water partition coefficient (Wildman–Crippen LogP) is 9.38. The second kappa shape index (κ2) is 15.8. The first-order valence-electron chi connectivity index (χ1n) is 20.2. The molecule has 3 aliphatic carbocycles. The number of carbonyl (C=O) groups excluding carboxylic acids is 4. The molecule has 0 radical (unpaired) electrons. The van der Waals surface area contributed by atoms with E-state index in [1.807, 2.05) is 109 Å².